The van der Waals surface area contributed by atoms with E-state index in [2.05, 4.69) is 10.5 Å². The number of nitrogen functional groups attached to an aromatic ring is 1. The van der Waals surface area contributed by atoms with Gasteiger partial charge in [0.15, 0.2) is 12.4 Å². The highest BCUT2D eigenvalue weighted by molar-refractivity contribution is 5.90. The molecule has 94 valence electrons. The lowest BCUT2D eigenvalue weighted by Crippen LogP contribution is -2.20. The normalized spacial score (nSPS) is 10.1. The fraction of sp³-hybridized carbons (Fsp3) is 0.167. The minimum atomic E-state index is -0.314. The molecular formula is C12H13N3O3. The molecule has 0 aliphatic heterocycles. The number of hydrogen-bond donors (Lipinski definition) is 2. The predicted molar refractivity (Wildman–Crippen MR) is 66.2 cm³/mol. The van der Waals surface area contributed by atoms with Crippen molar-refractivity contribution in [2.24, 2.45) is 0 Å². The number of nitrogens with two attached hydrogens (primary N) is 1. The molecule has 3 N–H and O–H groups in total. The third kappa shape index (κ3) is 3.24. The van der Waals surface area contributed by atoms with E-state index in [1.165, 1.54) is 0 Å². The van der Waals surface area contributed by atoms with E-state index in [4.69, 9.17) is 15.0 Å². The Balaban J connectivity index is 1.85. The molecule has 0 aliphatic carbocycles. The van der Waals surface area contributed by atoms with Gasteiger partial charge >= 0.3 is 0 Å². The molecule has 0 fully saturated rings. The highest BCUT2D eigenvalue weighted by atomic mass is 16.5. The topological polar surface area (TPSA) is 90.4 Å². The van der Waals surface area contributed by atoms with Gasteiger partial charge in [-0.15, -0.1) is 0 Å². The van der Waals surface area contributed by atoms with Crippen molar-refractivity contribution in [1.29, 1.82) is 0 Å². The first-order valence-electron chi connectivity index (χ1n) is 5.35. The predicted octanol–water partition coefficient (Wildman–Crippen LogP) is 1.58. The molecule has 0 bridgehead atoms. The van der Waals surface area contributed by atoms with E-state index in [1.54, 1.807) is 37.3 Å². The van der Waals surface area contributed by atoms with Gasteiger partial charge in [0.2, 0.25) is 0 Å². The molecule has 2 rings (SSSR count). The summed E-state index contributed by atoms with van der Waals surface area (Å²) in [5.74, 6) is 1.22. The zero-order chi connectivity index (χ0) is 13.0. The Labute approximate surface area is 104 Å². The molecule has 0 atom stereocenters. The van der Waals surface area contributed by atoms with Gasteiger partial charge in [-0.05, 0) is 19.1 Å². The second-order valence-electron chi connectivity index (χ2n) is 3.73. The monoisotopic (exact) mass is 247 g/mol. The van der Waals surface area contributed by atoms with Crippen molar-refractivity contribution >= 4 is 17.4 Å². The van der Waals surface area contributed by atoms with Gasteiger partial charge in [0.1, 0.15) is 11.5 Å². The summed E-state index contributed by atoms with van der Waals surface area (Å²) in [6.07, 6.45) is 0. The van der Waals surface area contributed by atoms with Crippen molar-refractivity contribution in [3.63, 3.8) is 0 Å². The molecule has 1 aromatic heterocycles. The lowest BCUT2D eigenvalue weighted by atomic mass is 10.3. The maximum Gasteiger partial charge on any atom is 0.263 e. The Morgan fingerprint density at radius 2 is 2.33 bits per heavy atom. The molecule has 0 unspecified atom stereocenters. The maximum atomic E-state index is 11.5. The highest BCUT2D eigenvalue weighted by Crippen LogP contribution is 2.14. The van der Waals surface area contributed by atoms with Crippen LogP contribution < -0.4 is 15.8 Å². The average molecular weight is 247 g/mol. The van der Waals surface area contributed by atoms with Gasteiger partial charge < -0.3 is 20.3 Å². The van der Waals surface area contributed by atoms with Crippen LogP contribution >= 0.6 is 0 Å². The summed E-state index contributed by atoms with van der Waals surface area (Å²) in [5, 5.41) is 6.19. The van der Waals surface area contributed by atoms with E-state index in [-0.39, 0.29) is 12.5 Å². The van der Waals surface area contributed by atoms with Crippen LogP contribution in [0.15, 0.2) is 34.9 Å². The van der Waals surface area contributed by atoms with E-state index in [9.17, 15) is 4.79 Å². The Bertz CT molecular complexity index is 551. The van der Waals surface area contributed by atoms with Crippen LogP contribution in [0, 0.1) is 6.92 Å². The number of rotatable bonds is 4. The smallest absolute Gasteiger partial charge is 0.263 e. The molecular weight excluding hydrogens is 234 g/mol. The SMILES string of the molecule is Cc1cc(NC(=O)COc2cccc(N)c2)no1. The van der Waals surface area contributed by atoms with Crippen LogP contribution in [0.3, 0.4) is 0 Å². The number of nitrogens with one attached hydrogen (secondary N) is 1. The van der Waals surface area contributed by atoms with Crippen LogP contribution in [0.5, 0.6) is 5.75 Å². The summed E-state index contributed by atoms with van der Waals surface area (Å²) < 4.78 is 10.1. The van der Waals surface area contributed by atoms with Crippen molar-refractivity contribution in [3.05, 3.63) is 36.1 Å². The summed E-state index contributed by atoms with van der Waals surface area (Å²) in [4.78, 5) is 11.5. The number of benzene rings is 1. The molecule has 0 radical (unpaired) electrons. The van der Waals surface area contributed by atoms with E-state index in [0.717, 1.165) is 0 Å². The zero-order valence-electron chi connectivity index (χ0n) is 9.84. The number of carbonyl (C=O) groups excluding carboxylic acids is 1. The van der Waals surface area contributed by atoms with Crippen molar-refractivity contribution in [1.82, 2.24) is 5.16 Å². The molecule has 1 aromatic carbocycles. The molecule has 0 aliphatic rings. The number of amides is 1. The van der Waals surface area contributed by atoms with E-state index in [0.29, 0.717) is 23.0 Å². The number of aromatic nitrogens is 1. The highest BCUT2D eigenvalue weighted by Gasteiger charge is 2.06. The molecule has 1 heterocycles. The number of carbonyl (C=O) groups is 1. The standard InChI is InChI=1S/C12H13N3O3/c1-8-5-11(15-18-8)14-12(16)7-17-10-4-2-3-9(13)6-10/h2-6H,7,13H2,1H3,(H,14,15,16). The number of aryl methyl sites for hydroxylation is 1. The van der Waals surface area contributed by atoms with Crippen LogP contribution in [-0.4, -0.2) is 17.7 Å². The van der Waals surface area contributed by atoms with Gasteiger partial charge in [0.25, 0.3) is 5.91 Å². The van der Waals surface area contributed by atoms with Gasteiger partial charge in [-0.25, -0.2) is 0 Å². The number of hydrogen-bond acceptors (Lipinski definition) is 5. The summed E-state index contributed by atoms with van der Waals surface area (Å²) >= 11 is 0. The van der Waals surface area contributed by atoms with Gasteiger partial charge in [-0.1, -0.05) is 11.2 Å². The zero-order valence-corrected chi connectivity index (χ0v) is 9.84. The first-order chi connectivity index (χ1) is 8.63. The fourth-order valence-electron chi connectivity index (χ4n) is 1.36. The van der Waals surface area contributed by atoms with Crippen LogP contribution in [0.25, 0.3) is 0 Å². The van der Waals surface area contributed by atoms with Crippen molar-refractivity contribution in [2.75, 3.05) is 17.7 Å². The Kier molecular flexibility index (Phi) is 3.47. The second-order valence-corrected chi connectivity index (χ2v) is 3.73. The minimum absolute atomic E-state index is 0.116. The summed E-state index contributed by atoms with van der Waals surface area (Å²) in [6.45, 7) is 1.63. The fourth-order valence-corrected chi connectivity index (χ4v) is 1.36. The van der Waals surface area contributed by atoms with Crippen molar-refractivity contribution in [2.45, 2.75) is 6.92 Å². The number of anilines is 2. The van der Waals surface area contributed by atoms with Gasteiger partial charge in [-0.3, -0.25) is 4.79 Å². The van der Waals surface area contributed by atoms with Crippen LogP contribution in [0.4, 0.5) is 11.5 Å². The van der Waals surface area contributed by atoms with Crippen LogP contribution in [0.2, 0.25) is 0 Å². The summed E-state index contributed by atoms with van der Waals surface area (Å²) in [7, 11) is 0. The molecule has 0 saturated heterocycles. The van der Waals surface area contributed by atoms with Crippen LogP contribution in [-0.2, 0) is 4.79 Å². The largest absolute Gasteiger partial charge is 0.484 e. The molecule has 0 spiro atoms. The van der Waals surface area contributed by atoms with Gasteiger partial charge in [-0.2, -0.15) is 0 Å². The van der Waals surface area contributed by atoms with Crippen molar-refractivity contribution in [3.8, 4) is 5.75 Å². The van der Waals surface area contributed by atoms with E-state index < -0.39 is 0 Å². The third-order valence-corrected chi connectivity index (χ3v) is 2.12. The van der Waals surface area contributed by atoms with E-state index >= 15 is 0 Å². The molecule has 6 nitrogen and oxygen atoms in total. The molecule has 6 heteroatoms. The molecule has 18 heavy (non-hydrogen) atoms. The maximum absolute atomic E-state index is 11.5. The average Bonchev–Trinajstić information content (AvgIpc) is 2.72. The first kappa shape index (κ1) is 12.0. The number of nitrogens with zero attached hydrogens (tertiary/aromatic N) is 1. The Hall–Kier alpha value is -2.50. The summed E-state index contributed by atoms with van der Waals surface area (Å²) in [6, 6.07) is 8.49. The van der Waals surface area contributed by atoms with Gasteiger partial charge in [0, 0.05) is 17.8 Å². The lowest BCUT2D eigenvalue weighted by molar-refractivity contribution is -0.118. The second kappa shape index (κ2) is 5.22. The first-order valence-corrected chi connectivity index (χ1v) is 5.35. The lowest BCUT2D eigenvalue weighted by Gasteiger charge is -2.05. The number of ether oxygens (including phenoxy) is 1. The molecule has 1 amide bonds. The third-order valence-electron chi connectivity index (χ3n) is 2.12. The van der Waals surface area contributed by atoms with Crippen molar-refractivity contribution < 1.29 is 14.1 Å². The van der Waals surface area contributed by atoms with Crippen LogP contribution in [0.1, 0.15) is 5.76 Å². The minimum Gasteiger partial charge on any atom is -0.484 e. The molecule has 0 saturated carbocycles. The van der Waals surface area contributed by atoms with Gasteiger partial charge in [0.05, 0.1) is 0 Å². The molecule has 2 aromatic rings. The Morgan fingerprint density at radius 3 is 3.00 bits per heavy atom. The summed E-state index contributed by atoms with van der Waals surface area (Å²) in [5.41, 5.74) is 6.17. The van der Waals surface area contributed by atoms with E-state index in [1.807, 2.05) is 0 Å². The quantitative estimate of drug-likeness (QED) is 0.800. The Morgan fingerprint density at radius 1 is 1.50 bits per heavy atom.